The second-order valence-corrected chi connectivity index (χ2v) is 8.80. The number of aromatic nitrogens is 3. The molecule has 130 valence electrons. The van der Waals surface area contributed by atoms with Gasteiger partial charge >= 0.3 is 0 Å². The fourth-order valence-corrected chi connectivity index (χ4v) is 3.92. The summed E-state index contributed by atoms with van der Waals surface area (Å²) in [6, 6.07) is 11.0. The molecule has 0 saturated heterocycles. The first-order chi connectivity index (χ1) is 11.9. The van der Waals surface area contributed by atoms with Crippen molar-refractivity contribution in [3.63, 3.8) is 0 Å². The second kappa shape index (κ2) is 7.07. The van der Waals surface area contributed by atoms with Crippen molar-refractivity contribution in [1.82, 2.24) is 19.3 Å². The fraction of sp³-hybridized carbons (Fsp3) is 0.235. The maximum atomic E-state index is 12.1. The minimum absolute atomic E-state index is 0.184. The highest BCUT2D eigenvalue weighted by Gasteiger charge is 2.17. The zero-order valence-corrected chi connectivity index (χ0v) is 15.8. The van der Waals surface area contributed by atoms with E-state index in [9.17, 15) is 8.42 Å². The van der Waals surface area contributed by atoms with E-state index in [1.54, 1.807) is 12.1 Å². The van der Waals surface area contributed by atoms with Crippen molar-refractivity contribution in [2.45, 2.75) is 22.6 Å². The molecule has 0 saturated carbocycles. The molecule has 0 atom stereocenters. The summed E-state index contributed by atoms with van der Waals surface area (Å²) in [4.78, 5) is 13.7. The zero-order chi connectivity index (χ0) is 18.0. The number of para-hydroxylation sites is 2. The van der Waals surface area contributed by atoms with E-state index in [0.717, 1.165) is 27.4 Å². The van der Waals surface area contributed by atoms with Crippen LogP contribution in [0, 0.1) is 6.92 Å². The number of thioether (sulfide) groups is 1. The highest BCUT2D eigenvalue weighted by Crippen LogP contribution is 2.23. The lowest BCUT2D eigenvalue weighted by Gasteiger charge is -2.11. The quantitative estimate of drug-likeness (QED) is 0.639. The van der Waals surface area contributed by atoms with Crippen LogP contribution in [-0.2, 0) is 15.8 Å². The van der Waals surface area contributed by atoms with E-state index in [1.807, 2.05) is 31.2 Å². The van der Waals surface area contributed by atoms with Gasteiger partial charge < -0.3 is 0 Å². The Kier molecular flexibility index (Phi) is 5.03. The Morgan fingerprint density at radius 3 is 2.32 bits per heavy atom. The Balaban J connectivity index is 1.77. The Morgan fingerprint density at radius 2 is 1.72 bits per heavy atom. The molecule has 0 radical (unpaired) electrons. The number of hydrogen-bond donors (Lipinski definition) is 0. The number of nitrogens with zero attached hydrogens (tertiary/aromatic N) is 4. The zero-order valence-electron chi connectivity index (χ0n) is 14.2. The summed E-state index contributed by atoms with van der Waals surface area (Å²) in [6.07, 6.45) is 1.39. The van der Waals surface area contributed by atoms with Crippen LogP contribution in [0.2, 0.25) is 0 Å². The highest BCUT2D eigenvalue weighted by atomic mass is 32.2. The van der Waals surface area contributed by atoms with Gasteiger partial charge in [0.15, 0.2) is 0 Å². The molecule has 0 N–H and O–H groups in total. The van der Waals surface area contributed by atoms with Gasteiger partial charge in [-0.3, -0.25) is 0 Å². The molecule has 0 spiro atoms. The third-order valence-electron chi connectivity index (χ3n) is 3.69. The molecular weight excluding hydrogens is 356 g/mol. The second-order valence-electron chi connectivity index (χ2n) is 5.65. The van der Waals surface area contributed by atoms with Crippen molar-refractivity contribution in [3.8, 4) is 0 Å². The molecule has 25 heavy (non-hydrogen) atoms. The number of aryl methyl sites for hydroxylation is 1. The first kappa shape index (κ1) is 17.8. The summed E-state index contributed by atoms with van der Waals surface area (Å²) in [5, 5.41) is 0.743. The van der Waals surface area contributed by atoms with Crippen molar-refractivity contribution < 1.29 is 8.42 Å². The van der Waals surface area contributed by atoms with Crippen LogP contribution >= 0.6 is 11.8 Å². The SMILES string of the molecule is Cc1nc2ccccc2nc1CSc1ccc(S(=O)(=O)N(C)C)cn1. The average molecular weight is 374 g/mol. The highest BCUT2D eigenvalue weighted by molar-refractivity contribution is 7.98. The van der Waals surface area contributed by atoms with E-state index in [1.165, 1.54) is 36.4 Å². The molecule has 3 rings (SSSR count). The first-order valence-electron chi connectivity index (χ1n) is 7.61. The molecule has 8 heteroatoms. The van der Waals surface area contributed by atoms with E-state index in [4.69, 9.17) is 0 Å². The topological polar surface area (TPSA) is 76.1 Å². The predicted molar refractivity (Wildman–Crippen MR) is 98.9 cm³/mol. The van der Waals surface area contributed by atoms with Gasteiger partial charge in [0.1, 0.15) is 4.90 Å². The number of sulfonamides is 1. The fourth-order valence-electron chi connectivity index (χ4n) is 2.22. The molecule has 0 amide bonds. The summed E-state index contributed by atoms with van der Waals surface area (Å²) in [5.41, 5.74) is 3.53. The van der Waals surface area contributed by atoms with E-state index in [0.29, 0.717) is 5.75 Å². The molecule has 0 fully saturated rings. The molecule has 0 bridgehead atoms. The van der Waals surface area contributed by atoms with Gasteiger partial charge in [0, 0.05) is 26.0 Å². The lowest BCUT2D eigenvalue weighted by molar-refractivity contribution is 0.520. The van der Waals surface area contributed by atoms with Crippen LogP contribution < -0.4 is 0 Å². The minimum Gasteiger partial charge on any atom is -0.250 e. The van der Waals surface area contributed by atoms with Gasteiger partial charge in [0.25, 0.3) is 0 Å². The van der Waals surface area contributed by atoms with Crippen molar-refractivity contribution in [2.24, 2.45) is 0 Å². The van der Waals surface area contributed by atoms with Gasteiger partial charge in [0.2, 0.25) is 10.0 Å². The molecule has 0 aliphatic rings. The van der Waals surface area contributed by atoms with Crippen LogP contribution in [-0.4, -0.2) is 41.8 Å². The van der Waals surface area contributed by atoms with Crippen molar-refractivity contribution in [3.05, 3.63) is 54.0 Å². The van der Waals surface area contributed by atoms with Gasteiger partial charge in [-0.05, 0) is 31.2 Å². The largest absolute Gasteiger partial charge is 0.250 e. The molecule has 3 aromatic rings. The Hall–Kier alpha value is -2.03. The summed E-state index contributed by atoms with van der Waals surface area (Å²) in [5.74, 6) is 0.621. The predicted octanol–water partition coefficient (Wildman–Crippen LogP) is 2.88. The normalized spacial score (nSPS) is 12.0. The standard InChI is InChI=1S/C17H18N4O2S2/c1-12-16(20-15-7-5-4-6-14(15)19-12)11-24-17-9-8-13(10-18-17)25(22,23)21(2)3/h4-10H,11H2,1-3H3. The van der Waals surface area contributed by atoms with Crippen molar-refractivity contribution >= 4 is 32.8 Å². The average Bonchev–Trinajstić information content (AvgIpc) is 2.60. The minimum atomic E-state index is -3.45. The Morgan fingerprint density at radius 1 is 1.04 bits per heavy atom. The number of fused-ring (bicyclic) bond motifs is 1. The molecule has 2 aromatic heterocycles. The third-order valence-corrected chi connectivity index (χ3v) is 6.44. The monoisotopic (exact) mass is 374 g/mol. The van der Waals surface area contributed by atoms with E-state index in [-0.39, 0.29) is 4.90 Å². The molecule has 2 heterocycles. The molecule has 0 aliphatic carbocycles. The van der Waals surface area contributed by atoms with Crippen LogP contribution in [0.3, 0.4) is 0 Å². The summed E-state index contributed by atoms with van der Waals surface area (Å²) in [7, 11) is -0.454. The Labute approximate surface area is 151 Å². The van der Waals surface area contributed by atoms with Gasteiger partial charge in [-0.2, -0.15) is 0 Å². The Bertz CT molecular complexity index is 1000. The number of rotatable bonds is 5. The van der Waals surface area contributed by atoms with Crippen LogP contribution in [0.5, 0.6) is 0 Å². The summed E-state index contributed by atoms with van der Waals surface area (Å²) >= 11 is 1.50. The maximum Gasteiger partial charge on any atom is 0.244 e. The van der Waals surface area contributed by atoms with Gasteiger partial charge in [-0.25, -0.2) is 27.7 Å². The van der Waals surface area contributed by atoms with Crippen LogP contribution in [0.15, 0.2) is 52.5 Å². The van der Waals surface area contributed by atoms with E-state index in [2.05, 4.69) is 15.0 Å². The van der Waals surface area contributed by atoms with E-state index >= 15 is 0 Å². The number of hydrogen-bond acceptors (Lipinski definition) is 6. The molecule has 1 aromatic carbocycles. The molecule has 6 nitrogen and oxygen atoms in total. The van der Waals surface area contributed by atoms with E-state index < -0.39 is 10.0 Å². The smallest absolute Gasteiger partial charge is 0.244 e. The first-order valence-corrected chi connectivity index (χ1v) is 10.0. The maximum absolute atomic E-state index is 12.1. The lowest BCUT2D eigenvalue weighted by atomic mass is 10.2. The van der Waals surface area contributed by atoms with Crippen molar-refractivity contribution in [2.75, 3.05) is 14.1 Å². The number of benzene rings is 1. The molecular formula is C17H18N4O2S2. The number of pyridine rings is 1. The van der Waals surface area contributed by atoms with Gasteiger partial charge in [-0.15, -0.1) is 0 Å². The lowest BCUT2D eigenvalue weighted by Crippen LogP contribution is -2.22. The van der Waals surface area contributed by atoms with Gasteiger partial charge in [-0.1, -0.05) is 23.9 Å². The summed E-state index contributed by atoms with van der Waals surface area (Å²) < 4.78 is 25.3. The summed E-state index contributed by atoms with van der Waals surface area (Å²) in [6.45, 7) is 1.94. The van der Waals surface area contributed by atoms with Gasteiger partial charge in [0.05, 0.1) is 27.4 Å². The van der Waals surface area contributed by atoms with Crippen molar-refractivity contribution in [1.29, 1.82) is 0 Å². The van der Waals surface area contributed by atoms with Crippen LogP contribution in [0.4, 0.5) is 0 Å². The van der Waals surface area contributed by atoms with Crippen LogP contribution in [0.1, 0.15) is 11.4 Å². The van der Waals surface area contributed by atoms with Crippen LogP contribution in [0.25, 0.3) is 11.0 Å². The third kappa shape index (κ3) is 3.81. The molecule has 0 unspecified atom stereocenters. The molecule has 0 aliphatic heterocycles.